The van der Waals surface area contributed by atoms with Crippen molar-refractivity contribution in [1.29, 1.82) is 0 Å². The van der Waals surface area contributed by atoms with Crippen LogP contribution >= 0.6 is 0 Å². The molecule has 1 aromatic heterocycles. The minimum atomic E-state index is -0.325. The Bertz CT molecular complexity index is 389. The Labute approximate surface area is 109 Å². The summed E-state index contributed by atoms with van der Waals surface area (Å²) in [5, 5.41) is 14.9. The number of aliphatic hydroxyl groups is 1. The maximum Gasteiger partial charge on any atom is 0.0649 e. The van der Waals surface area contributed by atoms with Crippen molar-refractivity contribution in [3.63, 3.8) is 0 Å². The minimum Gasteiger partial charge on any atom is -0.392 e. The number of ether oxygens (including phenoxy) is 1. The van der Waals surface area contributed by atoms with Gasteiger partial charge in [-0.3, -0.25) is 4.68 Å². The molecule has 1 N–H and O–H groups in total. The van der Waals surface area contributed by atoms with E-state index in [0.717, 1.165) is 37.4 Å². The maximum atomic E-state index is 10.4. The van der Waals surface area contributed by atoms with Gasteiger partial charge in [-0.1, -0.05) is 6.92 Å². The summed E-state index contributed by atoms with van der Waals surface area (Å²) >= 11 is 0. The standard InChI is InChI=1S/C14H24N2O2/c1-4-11-8-12(16(5-2)15-11)9-14(17)13-6-7-18-10(13)3/h8,10,13-14,17H,4-7,9H2,1-3H3. The van der Waals surface area contributed by atoms with Crippen molar-refractivity contribution >= 4 is 0 Å². The van der Waals surface area contributed by atoms with Crippen LogP contribution in [0.15, 0.2) is 6.07 Å². The molecule has 0 amide bonds. The van der Waals surface area contributed by atoms with E-state index in [4.69, 9.17) is 4.74 Å². The SMILES string of the molecule is CCc1cc(CC(O)C2CCOC2C)n(CC)n1. The second-order valence-electron chi connectivity index (χ2n) is 5.10. The molecule has 1 aliphatic rings. The van der Waals surface area contributed by atoms with Gasteiger partial charge in [-0.2, -0.15) is 5.10 Å². The molecule has 2 rings (SSSR count). The average molecular weight is 252 g/mol. The summed E-state index contributed by atoms with van der Waals surface area (Å²) < 4.78 is 7.53. The Morgan fingerprint density at radius 3 is 2.89 bits per heavy atom. The van der Waals surface area contributed by atoms with Crippen molar-refractivity contribution in [3.05, 3.63) is 17.5 Å². The van der Waals surface area contributed by atoms with Crippen LogP contribution in [0, 0.1) is 5.92 Å². The number of aryl methyl sites for hydroxylation is 2. The molecule has 1 fully saturated rings. The number of rotatable bonds is 5. The first-order chi connectivity index (χ1) is 8.65. The molecule has 0 radical (unpaired) electrons. The lowest BCUT2D eigenvalue weighted by Gasteiger charge is -2.21. The van der Waals surface area contributed by atoms with Gasteiger partial charge < -0.3 is 9.84 Å². The Morgan fingerprint density at radius 2 is 2.33 bits per heavy atom. The van der Waals surface area contributed by atoms with E-state index in [1.807, 2.05) is 4.68 Å². The molecule has 0 aromatic carbocycles. The molecular formula is C14H24N2O2. The topological polar surface area (TPSA) is 47.3 Å². The van der Waals surface area contributed by atoms with Crippen LogP contribution in [0.3, 0.4) is 0 Å². The van der Waals surface area contributed by atoms with Gasteiger partial charge in [0.2, 0.25) is 0 Å². The molecule has 1 saturated heterocycles. The number of hydrogen-bond donors (Lipinski definition) is 1. The van der Waals surface area contributed by atoms with E-state index in [0.29, 0.717) is 6.42 Å². The highest BCUT2D eigenvalue weighted by atomic mass is 16.5. The summed E-state index contributed by atoms with van der Waals surface area (Å²) in [6, 6.07) is 2.12. The summed E-state index contributed by atoms with van der Waals surface area (Å²) in [5.74, 6) is 0.260. The van der Waals surface area contributed by atoms with E-state index in [-0.39, 0.29) is 18.1 Å². The zero-order valence-corrected chi connectivity index (χ0v) is 11.6. The van der Waals surface area contributed by atoms with Gasteiger partial charge in [0, 0.05) is 31.2 Å². The van der Waals surface area contributed by atoms with Crippen LogP contribution in [-0.4, -0.2) is 33.7 Å². The second kappa shape index (κ2) is 5.85. The first-order valence-electron chi connectivity index (χ1n) is 7.01. The van der Waals surface area contributed by atoms with Crippen LogP contribution in [0.4, 0.5) is 0 Å². The normalized spacial score (nSPS) is 25.6. The Morgan fingerprint density at radius 1 is 1.56 bits per heavy atom. The van der Waals surface area contributed by atoms with Crippen LogP contribution in [0.2, 0.25) is 0 Å². The van der Waals surface area contributed by atoms with Crippen LogP contribution in [-0.2, 0) is 24.1 Å². The van der Waals surface area contributed by atoms with E-state index in [1.165, 1.54) is 0 Å². The Kier molecular flexibility index (Phi) is 4.40. The molecule has 3 atom stereocenters. The van der Waals surface area contributed by atoms with Gasteiger partial charge in [0.1, 0.15) is 0 Å². The van der Waals surface area contributed by atoms with E-state index in [1.54, 1.807) is 0 Å². The van der Waals surface area contributed by atoms with E-state index < -0.39 is 0 Å². The van der Waals surface area contributed by atoms with Crippen molar-refractivity contribution < 1.29 is 9.84 Å². The second-order valence-corrected chi connectivity index (χ2v) is 5.10. The third-order valence-electron chi connectivity index (χ3n) is 3.92. The predicted octanol–water partition coefficient (Wildman–Crippen LogP) is 1.79. The lowest BCUT2D eigenvalue weighted by atomic mass is 9.92. The van der Waals surface area contributed by atoms with Gasteiger partial charge in [-0.05, 0) is 32.8 Å². The van der Waals surface area contributed by atoms with Crippen molar-refractivity contribution in [2.75, 3.05) is 6.61 Å². The molecule has 102 valence electrons. The third-order valence-corrected chi connectivity index (χ3v) is 3.92. The highest BCUT2D eigenvalue weighted by Crippen LogP contribution is 2.26. The lowest BCUT2D eigenvalue weighted by Crippen LogP contribution is -2.29. The average Bonchev–Trinajstić information content (AvgIpc) is 2.95. The predicted molar refractivity (Wildman–Crippen MR) is 70.5 cm³/mol. The Balaban J connectivity index is 2.05. The zero-order valence-electron chi connectivity index (χ0n) is 11.6. The van der Waals surface area contributed by atoms with Gasteiger partial charge >= 0.3 is 0 Å². The summed E-state index contributed by atoms with van der Waals surface area (Å²) in [7, 11) is 0. The molecule has 1 aliphatic heterocycles. The van der Waals surface area contributed by atoms with Gasteiger partial charge in [0.15, 0.2) is 0 Å². The molecule has 0 aliphatic carbocycles. The van der Waals surface area contributed by atoms with Gasteiger partial charge in [-0.25, -0.2) is 0 Å². The molecule has 0 saturated carbocycles. The summed E-state index contributed by atoms with van der Waals surface area (Å²) in [4.78, 5) is 0. The molecule has 1 aromatic rings. The van der Waals surface area contributed by atoms with E-state index in [9.17, 15) is 5.11 Å². The van der Waals surface area contributed by atoms with E-state index in [2.05, 4.69) is 31.9 Å². The zero-order chi connectivity index (χ0) is 13.1. The molecule has 18 heavy (non-hydrogen) atoms. The molecule has 3 unspecified atom stereocenters. The smallest absolute Gasteiger partial charge is 0.0649 e. The van der Waals surface area contributed by atoms with Crippen LogP contribution < -0.4 is 0 Å². The fourth-order valence-electron chi connectivity index (χ4n) is 2.75. The van der Waals surface area contributed by atoms with Crippen molar-refractivity contribution in [3.8, 4) is 0 Å². The monoisotopic (exact) mass is 252 g/mol. The molecular weight excluding hydrogens is 228 g/mol. The fraction of sp³-hybridized carbons (Fsp3) is 0.786. The maximum absolute atomic E-state index is 10.4. The fourth-order valence-corrected chi connectivity index (χ4v) is 2.75. The summed E-state index contributed by atoms with van der Waals surface area (Å²) in [6.07, 6.45) is 2.43. The van der Waals surface area contributed by atoms with Gasteiger partial charge in [0.05, 0.1) is 17.9 Å². The molecule has 0 spiro atoms. The highest BCUT2D eigenvalue weighted by Gasteiger charge is 2.31. The summed E-state index contributed by atoms with van der Waals surface area (Å²) in [5.41, 5.74) is 2.25. The number of hydrogen-bond acceptors (Lipinski definition) is 3. The molecule has 2 heterocycles. The molecule has 4 nitrogen and oxygen atoms in total. The quantitative estimate of drug-likeness (QED) is 0.869. The first-order valence-corrected chi connectivity index (χ1v) is 7.01. The number of aliphatic hydroxyl groups excluding tert-OH is 1. The number of aromatic nitrogens is 2. The van der Waals surface area contributed by atoms with Crippen LogP contribution in [0.1, 0.15) is 38.6 Å². The number of nitrogens with zero attached hydrogens (tertiary/aromatic N) is 2. The summed E-state index contributed by atoms with van der Waals surface area (Å²) in [6.45, 7) is 7.88. The first kappa shape index (κ1) is 13.6. The van der Waals surface area contributed by atoms with Gasteiger partial charge in [-0.15, -0.1) is 0 Å². The largest absolute Gasteiger partial charge is 0.392 e. The van der Waals surface area contributed by atoms with Crippen molar-refractivity contribution in [1.82, 2.24) is 9.78 Å². The van der Waals surface area contributed by atoms with Crippen LogP contribution in [0.5, 0.6) is 0 Å². The highest BCUT2D eigenvalue weighted by molar-refractivity contribution is 5.12. The van der Waals surface area contributed by atoms with Gasteiger partial charge in [0.25, 0.3) is 0 Å². The van der Waals surface area contributed by atoms with Crippen molar-refractivity contribution in [2.45, 2.75) is 58.8 Å². The van der Waals surface area contributed by atoms with E-state index >= 15 is 0 Å². The molecule has 0 bridgehead atoms. The molecule has 4 heteroatoms. The lowest BCUT2D eigenvalue weighted by molar-refractivity contribution is 0.0431. The Hall–Kier alpha value is -0.870. The third kappa shape index (κ3) is 2.75. The minimum absolute atomic E-state index is 0.170. The van der Waals surface area contributed by atoms with Crippen molar-refractivity contribution in [2.24, 2.45) is 5.92 Å². The van der Waals surface area contributed by atoms with Crippen LogP contribution in [0.25, 0.3) is 0 Å².